The fourth-order valence-corrected chi connectivity index (χ4v) is 5.17. The monoisotopic (exact) mass is 320 g/mol. The van der Waals surface area contributed by atoms with Crippen LogP contribution in [-0.4, -0.2) is 33.1 Å². The van der Waals surface area contributed by atoms with Crippen LogP contribution >= 0.6 is 0 Å². The third kappa shape index (κ3) is 2.61. The van der Waals surface area contributed by atoms with Crippen LogP contribution in [0, 0.1) is 29.1 Å². The first-order valence-corrected chi connectivity index (χ1v) is 9.03. The van der Waals surface area contributed by atoms with Gasteiger partial charge in [-0.3, -0.25) is 0 Å². The third-order valence-corrected chi connectivity index (χ3v) is 6.98. The number of allylic oxidation sites excluding steroid dienone is 2. The standard InChI is InChI=1S/C20H32O3/c1-11-6-7-14-15(19(14,4)5)9-12(2)18(22)20(23)10-13(3)17(21)16(20)8-11/h8-9,13-18,21-23H,6-7,10H2,1-5H3/b11-8-,12-9-/t13?,14?,15?,16?,17-,18+,20?/m1/s1. The van der Waals surface area contributed by atoms with Crippen molar-refractivity contribution in [3.8, 4) is 0 Å². The van der Waals surface area contributed by atoms with Crippen LogP contribution in [0.25, 0.3) is 0 Å². The molecule has 0 aromatic heterocycles. The van der Waals surface area contributed by atoms with Gasteiger partial charge in [-0.05, 0) is 61.9 Å². The van der Waals surface area contributed by atoms with Gasteiger partial charge >= 0.3 is 0 Å². The van der Waals surface area contributed by atoms with Gasteiger partial charge in [0.1, 0.15) is 11.7 Å². The molecule has 3 nitrogen and oxygen atoms in total. The van der Waals surface area contributed by atoms with Gasteiger partial charge < -0.3 is 15.3 Å². The lowest BCUT2D eigenvalue weighted by molar-refractivity contribution is -0.0843. The van der Waals surface area contributed by atoms with Crippen molar-refractivity contribution >= 4 is 0 Å². The molecule has 3 rings (SSSR count). The fraction of sp³-hybridized carbons (Fsp3) is 0.800. The summed E-state index contributed by atoms with van der Waals surface area (Å²) in [5.41, 5.74) is 1.09. The molecule has 3 aliphatic carbocycles. The Morgan fingerprint density at radius 3 is 2.39 bits per heavy atom. The van der Waals surface area contributed by atoms with Crippen molar-refractivity contribution in [3.63, 3.8) is 0 Å². The van der Waals surface area contributed by atoms with Gasteiger partial charge in [0.15, 0.2) is 0 Å². The van der Waals surface area contributed by atoms with Crippen molar-refractivity contribution in [1.29, 1.82) is 0 Å². The van der Waals surface area contributed by atoms with E-state index in [1.165, 1.54) is 5.57 Å². The van der Waals surface area contributed by atoms with E-state index in [4.69, 9.17) is 0 Å². The molecular weight excluding hydrogens is 288 g/mol. The van der Waals surface area contributed by atoms with Crippen molar-refractivity contribution in [2.75, 3.05) is 0 Å². The van der Waals surface area contributed by atoms with Crippen LogP contribution in [0.4, 0.5) is 0 Å². The smallest absolute Gasteiger partial charge is 0.104 e. The minimum atomic E-state index is -1.26. The molecule has 0 heterocycles. The highest BCUT2D eigenvalue weighted by molar-refractivity contribution is 5.27. The van der Waals surface area contributed by atoms with E-state index in [-0.39, 0.29) is 11.3 Å². The lowest BCUT2D eigenvalue weighted by atomic mass is 9.80. The largest absolute Gasteiger partial charge is 0.392 e. The lowest BCUT2D eigenvalue weighted by Crippen LogP contribution is -2.47. The Morgan fingerprint density at radius 1 is 1.09 bits per heavy atom. The van der Waals surface area contributed by atoms with Crippen LogP contribution in [0.2, 0.25) is 0 Å². The molecule has 0 radical (unpaired) electrons. The molecule has 0 aliphatic heterocycles. The van der Waals surface area contributed by atoms with Crippen LogP contribution in [0.3, 0.4) is 0 Å². The van der Waals surface area contributed by atoms with Gasteiger partial charge in [0.05, 0.1) is 6.10 Å². The quantitative estimate of drug-likeness (QED) is 0.601. The number of hydrogen-bond acceptors (Lipinski definition) is 3. The molecule has 0 spiro atoms. The summed E-state index contributed by atoms with van der Waals surface area (Å²) in [6.45, 7) is 10.6. The molecule has 0 saturated heterocycles. The van der Waals surface area contributed by atoms with Crippen molar-refractivity contribution in [2.45, 2.75) is 71.7 Å². The Hall–Kier alpha value is -0.640. The zero-order valence-corrected chi connectivity index (χ0v) is 15.1. The molecule has 3 heteroatoms. The minimum absolute atomic E-state index is 0.00967. The molecule has 7 atom stereocenters. The normalized spacial score (nSPS) is 53.9. The second-order valence-corrected chi connectivity index (χ2v) is 9.01. The van der Waals surface area contributed by atoms with E-state index in [1.54, 1.807) is 0 Å². The molecule has 0 bridgehead atoms. The number of rotatable bonds is 0. The highest BCUT2D eigenvalue weighted by Crippen LogP contribution is 2.62. The van der Waals surface area contributed by atoms with Crippen LogP contribution in [0.5, 0.6) is 0 Å². The summed E-state index contributed by atoms with van der Waals surface area (Å²) in [6, 6.07) is 0. The molecule has 0 amide bonds. The van der Waals surface area contributed by atoms with Crippen LogP contribution in [-0.2, 0) is 0 Å². The van der Waals surface area contributed by atoms with Gasteiger partial charge in [-0.15, -0.1) is 0 Å². The Labute approximate surface area is 140 Å². The van der Waals surface area contributed by atoms with Gasteiger partial charge in [-0.2, -0.15) is 0 Å². The van der Waals surface area contributed by atoms with E-state index in [1.807, 2.05) is 19.9 Å². The average Bonchev–Trinajstić information content (AvgIpc) is 2.90. The highest BCUT2D eigenvalue weighted by atomic mass is 16.3. The van der Waals surface area contributed by atoms with Crippen molar-refractivity contribution in [3.05, 3.63) is 23.3 Å². The maximum absolute atomic E-state index is 11.3. The predicted octanol–water partition coefficient (Wildman–Crippen LogP) is 3.05. The SMILES string of the molecule is C/C1=C/C2[C@H](O)C(C)CC2(O)[C@@H](O)/C(C)=C\C2C(CC1)C2(C)C. The van der Waals surface area contributed by atoms with Gasteiger partial charge in [-0.1, -0.05) is 38.5 Å². The topological polar surface area (TPSA) is 60.7 Å². The molecule has 23 heavy (non-hydrogen) atoms. The number of fused-ring (bicyclic) bond motifs is 2. The number of aliphatic hydroxyl groups is 3. The van der Waals surface area contributed by atoms with Crippen molar-refractivity contribution in [1.82, 2.24) is 0 Å². The molecule has 3 N–H and O–H groups in total. The van der Waals surface area contributed by atoms with Crippen LogP contribution in [0.1, 0.15) is 53.9 Å². The summed E-state index contributed by atoms with van der Waals surface area (Å²) in [6.07, 6.45) is 5.28. The van der Waals surface area contributed by atoms with E-state index in [0.717, 1.165) is 18.4 Å². The first kappa shape index (κ1) is 17.2. The van der Waals surface area contributed by atoms with Crippen LogP contribution in [0.15, 0.2) is 23.3 Å². The Bertz CT molecular complexity index is 547. The maximum atomic E-state index is 11.3. The van der Waals surface area contributed by atoms with E-state index in [9.17, 15) is 15.3 Å². The zero-order chi connectivity index (χ0) is 17.2. The number of aliphatic hydroxyl groups excluding tert-OH is 2. The van der Waals surface area contributed by atoms with Crippen LogP contribution < -0.4 is 0 Å². The molecule has 3 aliphatic rings. The van der Waals surface area contributed by atoms with Gasteiger partial charge in [0, 0.05) is 5.92 Å². The van der Waals surface area contributed by atoms with E-state index >= 15 is 0 Å². The minimum Gasteiger partial charge on any atom is -0.392 e. The molecule has 2 saturated carbocycles. The van der Waals surface area contributed by atoms with E-state index in [0.29, 0.717) is 18.3 Å². The Balaban J connectivity index is 2.01. The Morgan fingerprint density at radius 2 is 1.74 bits per heavy atom. The van der Waals surface area contributed by atoms with E-state index < -0.39 is 23.7 Å². The molecular formula is C20H32O3. The second-order valence-electron chi connectivity index (χ2n) is 9.01. The lowest BCUT2D eigenvalue weighted by Gasteiger charge is -2.35. The molecule has 2 fully saturated rings. The average molecular weight is 320 g/mol. The summed E-state index contributed by atoms with van der Waals surface area (Å²) in [5, 5.41) is 32.7. The summed E-state index contributed by atoms with van der Waals surface area (Å²) < 4.78 is 0. The maximum Gasteiger partial charge on any atom is 0.104 e. The molecule has 130 valence electrons. The summed E-state index contributed by atoms with van der Waals surface area (Å²) in [7, 11) is 0. The summed E-state index contributed by atoms with van der Waals surface area (Å²) in [4.78, 5) is 0. The van der Waals surface area contributed by atoms with E-state index in [2.05, 4.69) is 26.8 Å². The fourth-order valence-electron chi connectivity index (χ4n) is 5.17. The van der Waals surface area contributed by atoms with Crippen molar-refractivity contribution in [2.24, 2.45) is 29.1 Å². The Kier molecular flexibility index (Phi) is 4.06. The van der Waals surface area contributed by atoms with Gasteiger partial charge in [0.25, 0.3) is 0 Å². The van der Waals surface area contributed by atoms with Gasteiger partial charge in [-0.25, -0.2) is 0 Å². The molecule has 0 aromatic rings. The van der Waals surface area contributed by atoms with Crippen molar-refractivity contribution < 1.29 is 15.3 Å². The predicted molar refractivity (Wildman–Crippen MR) is 91.7 cm³/mol. The molecule has 0 aromatic carbocycles. The first-order valence-electron chi connectivity index (χ1n) is 9.03. The zero-order valence-electron chi connectivity index (χ0n) is 15.1. The second kappa shape index (κ2) is 5.44. The summed E-state index contributed by atoms with van der Waals surface area (Å²) in [5.74, 6) is 0.723. The third-order valence-electron chi connectivity index (χ3n) is 6.98. The number of hydrogen-bond donors (Lipinski definition) is 3. The molecule has 5 unspecified atom stereocenters. The highest BCUT2D eigenvalue weighted by Gasteiger charge is 2.57. The summed E-state index contributed by atoms with van der Waals surface area (Å²) >= 11 is 0. The first-order chi connectivity index (χ1) is 10.6. The van der Waals surface area contributed by atoms with Gasteiger partial charge in [0.2, 0.25) is 0 Å².